The summed E-state index contributed by atoms with van der Waals surface area (Å²) in [4.78, 5) is 25.7. The number of nitrogens with zero attached hydrogens (tertiary/aromatic N) is 3. The summed E-state index contributed by atoms with van der Waals surface area (Å²) >= 11 is 6.25. The lowest BCUT2D eigenvalue weighted by Gasteiger charge is -2.37. The molecule has 2 heterocycles. The zero-order chi connectivity index (χ0) is 23.5. The standard InChI is InChI=1S/C23H21ClFN3O5/c1-27-17(6-8-26-27)12-33-23(31)28-9-7-14-10-16(25)3-4-18(14)22(28)19-11-15(24)2-5-20(19)32-13-21(29)30/h2-6,8,10-11,22H,7,9,12-13H2,1H3,(H,29,30)/t22-/m0/s1. The summed E-state index contributed by atoms with van der Waals surface area (Å²) < 4.78 is 26.6. The van der Waals surface area contributed by atoms with Gasteiger partial charge in [-0.3, -0.25) is 9.58 Å². The first-order chi connectivity index (χ1) is 15.8. The molecule has 33 heavy (non-hydrogen) atoms. The van der Waals surface area contributed by atoms with E-state index in [4.69, 9.17) is 26.2 Å². The summed E-state index contributed by atoms with van der Waals surface area (Å²) in [5.41, 5.74) is 2.61. The van der Waals surface area contributed by atoms with Crippen molar-refractivity contribution in [3.63, 3.8) is 0 Å². The van der Waals surface area contributed by atoms with Crippen LogP contribution in [-0.4, -0.2) is 45.0 Å². The van der Waals surface area contributed by atoms with Gasteiger partial charge in [0.05, 0.1) is 11.7 Å². The van der Waals surface area contributed by atoms with Crippen LogP contribution >= 0.6 is 11.6 Å². The largest absolute Gasteiger partial charge is 0.482 e. The Balaban J connectivity index is 1.72. The molecule has 1 aliphatic heterocycles. The highest BCUT2D eigenvalue weighted by molar-refractivity contribution is 6.30. The van der Waals surface area contributed by atoms with Gasteiger partial charge in [-0.1, -0.05) is 17.7 Å². The number of carboxylic acids is 1. The number of benzene rings is 2. The van der Waals surface area contributed by atoms with Gasteiger partial charge in [0.25, 0.3) is 0 Å². The molecule has 1 atom stereocenters. The van der Waals surface area contributed by atoms with Crippen LogP contribution in [0.2, 0.25) is 5.02 Å². The number of carboxylic acid groups (broad SMARTS) is 1. The van der Waals surface area contributed by atoms with E-state index in [0.717, 1.165) is 5.56 Å². The number of fused-ring (bicyclic) bond motifs is 1. The fraction of sp³-hybridized carbons (Fsp3) is 0.261. The zero-order valence-corrected chi connectivity index (χ0v) is 18.5. The van der Waals surface area contributed by atoms with Gasteiger partial charge in [-0.15, -0.1) is 0 Å². The Morgan fingerprint density at radius 3 is 2.76 bits per heavy atom. The lowest BCUT2D eigenvalue weighted by molar-refractivity contribution is -0.139. The lowest BCUT2D eigenvalue weighted by Crippen LogP contribution is -2.41. The van der Waals surface area contributed by atoms with Crippen LogP contribution in [0.3, 0.4) is 0 Å². The third-order valence-corrected chi connectivity index (χ3v) is 5.69. The Bertz CT molecular complexity index is 1200. The molecule has 0 saturated heterocycles. The molecule has 0 fully saturated rings. The quantitative estimate of drug-likeness (QED) is 0.582. The molecule has 0 saturated carbocycles. The van der Waals surface area contributed by atoms with Crippen molar-refractivity contribution in [2.45, 2.75) is 19.1 Å². The highest BCUT2D eigenvalue weighted by Gasteiger charge is 2.35. The number of aryl methyl sites for hydroxylation is 1. The number of aromatic nitrogens is 2. The summed E-state index contributed by atoms with van der Waals surface area (Å²) in [6.45, 7) is -0.286. The van der Waals surface area contributed by atoms with Gasteiger partial charge in [0, 0.05) is 30.4 Å². The number of rotatable bonds is 6. The van der Waals surface area contributed by atoms with Gasteiger partial charge in [-0.05, 0) is 53.9 Å². The van der Waals surface area contributed by atoms with Crippen LogP contribution in [0.5, 0.6) is 5.75 Å². The second kappa shape index (κ2) is 9.50. The van der Waals surface area contributed by atoms with Gasteiger partial charge in [0.15, 0.2) is 6.61 Å². The van der Waals surface area contributed by atoms with Crippen molar-refractivity contribution < 1.29 is 28.6 Å². The summed E-state index contributed by atoms with van der Waals surface area (Å²) in [6, 6.07) is 10.1. The molecule has 0 unspecified atom stereocenters. The van der Waals surface area contributed by atoms with E-state index in [1.54, 1.807) is 48.3 Å². The lowest BCUT2D eigenvalue weighted by atomic mass is 9.88. The van der Waals surface area contributed by atoms with Crippen molar-refractivity contribution >= 4 is 23.7 Å². The fourth-order valence-electron chi connectivity index (χ4n) is 3.89. The van der Waals surface area contributed by atoms with Crippen LogP contribution in [-0.2, 0) is 29.6 Å². The first kappa shape index (κ1) is 22.6. The summed E-state index contributed by atoms with van der Waals surface area (Å²) in [7, 11) is 1.75. The number of halogens is 2. The fourth-order valence-corrected chi connectivity index (χ4v) is 4.07. The number of aliphatic carboxylic acids is 1. The molecule has 0 radical (unpaired) electrons. The number of ether oxygens (including phenoxy) is 2. The van der Waals surface area contributed by atoms with E-state index in [9.17, 15) is 14.0 Å². The van der Waals surface area contributed by atoms with E-state index in [2.05, 4.69) is 5.10 Å². The maximum atomic E-state index is 13.9. The van der Waals surface area contributed by atoms with E-state index < -0.39 is 24.7 Å². The van der Waals surface area contributed by atoms with Gasteiger partial charge in [-0.2, -0.15) is 5.10 Å². The number of hydrogen-bond donors (Lipinski definition) is 1. The predicted molar refractivity (Wildman–Crippen MR) is 117 cm³/mol. The Hall–Kier alpha value is -3.59. The molecule has 4 rings (SSSR count). The van der Waals surface area contributed by atoms with Crippen molar-refractivity contribution in [3.05, 3.63) is 81.9 Å². The Morgan fingerprint density at radius 1 is 1.21 bits per heavy atom. The monoisotopic (exact) mass is 473 g/mol. The van der Waals surface area contributed by atoms with Gasteiger partial charge < -0.3 is 14.6 Å². The average Bonchev–Trinajstić information content (AvgIpc) is 3.20. The van der Waals surface area contributed by atoms with Crippen molar-refractivity contribution in [2.75, 3.05) is 13.2 Å². The Labute approximate surface area is 194 Å². The molecule has 1 aromatic heterocycles. The highest BCUT2D eigenvalue weighted by atomic mass is 35.5. The van der Waals surface area contributed by atoms with E-state index in [1.165, 1.54) is 17.0 Å². The zero-order valence-electron chi connectivity index (χ0n) is 17.7. The number of carbonyl (C=O) groups is 2. The first-order valence-corrected chi connectivity index (χ1v) is 10.5. The highest BCUT2D eigenvalue weighted by Crippen LogP contribution is 2.41. The number of carbonyl (C=O) groups excluding carboxylic acids is 1. The Kier molecular flexibility index (Phi) is 6.50. The third kappa shape index (κ3) is 4.93. The van der Waals surface area contributed by atoms with Crippen molar-refractivity contribution in [1.82, 2.24) is 14.7 Å². The molecule has 0 bridgehead atoms. The van der Waals surface area contributed by atoms with E-state index >= 15 is 0 Å². The molecular weight excluding hydrogens is 453 g/mol. The molecule has 1 amide bonds. The summed E-state index contributed by atoms with van der Waals surface area (Å²) in [6.07, 6.45) is 1.45. The van der Waals surface area contributed by atoms with Crippen molar-refractivity contribution in [1.29, 1.82) is 0 Å². The Morgan fingerprint density at radius 2 is 2.03 bits per heavy atom. The van der Waals surface area contributed by atoms with Crippen LogP contribution < -0.4 is 4.74 Å². The van der Waals surface area contributed by atoms with E-state index in [0.29, 0.717) is 28.3 Å². The molecule has 1 aliphatic rings. The number of hydrogen-bond acceptors (Lipinski definition) is 5. The molecule has 10 heteroatoms. The molecule has 2 aromatic carbocycles. The normalized spacial score (nSPS) is 15.1. The second-order valence-electron chi connectivity index (χ2n) is 7.55. The first-order valence-electron chi connectivity index (χ1n) is 10.2. The minimum absolute atomic E-state index is 0.0206. The molecule has 8 nitrogen and oxygen atoms in total. The SMILES string of the molecule is Cn1nccc1COC(=O)N1CCc2cc(F)ccc2[C@H]1c1cc(Cl)ccc1OCC(=O)O. The molecule has 1 N–H and O–H groups in total. The second-order valence-corrected chi connectivity index (χ2v) is 7.99. The van der Waals surface area contributed by atoms with Gasteiger partial charge in [-0.25, -0.2) is 14.0 Å². The van der Waals surface area contributed by atoms with Crippen molar-refractivity contribution in [3.8, 4) is 5.75 Å². The molecule has 172 valence electrons. The van der Waals surface area contributed by atoms with Gasteiger partial charge >= 0.3 is 12.1 Å². The predicted octanol–water partition coefficient (Wildman–Crippen LogP) is 3.96. The van der Waals surface area contributed by atoms with Gasteiger partial charge in [0.2, 0.25) is 0 Å². The van der Waals surface area contributed by atoms with E-state index in [1.807, 2.05) is 0 Å². The molecular formula is C23H21ClFN3O5. The van der Waals surface area contributed by atoms with Crippen LogP contribution in [0.1, 0.15) is 28.4 Å². The van der Waals surface area contributed by atoms with Crippen LogP contribution in [0, 0.1) is 5.82 Å². The molecule has 3 aromatic rings. The van der Waals surface area contributed by atoms with Gasteiger partial charge in [0.1, 0.15) is 18.2 Å². The van der Waals surface area contributed by atoms with Crippen LogP contribution in [0.4, 0.5) is 9.18 Å². The third-order valence-electron chi connectivity index (χ3n) is 5.45. The minimum atomic E-state index is -1.14. The number of amides is 1. The average molecular weight is 474 g/mol. The molecule has 0 aliphatic carbocycles. The topological polar surface area (TPSA) is 93.9 Å². The van der Waals surface area contributed by atoms with Crippen LogP contribution in [0.25, 0.3) is 0 Å². The maximum absolute atomic E-state index is 13.9. The van der Waals surface area contributed by atoms with Crippen molar-refractivity contribution in [2.24, 2.45) is 7.05 Å². The summed E-state index contributed by atoms with van der Waals surface area (Å²) in [5.74, 6) is -1.27. The molecule has 0 spiro atoms. The van der Waals surface area contributed by atoms with E-state index in [-0.39, 0.29) is 24.7 Å². The minimum Gasteiger partial charge on any atom is -0.482 e. The van der Waals surface area contributed by atoms with Crippen LogP contribution in [0.15, 0.2) is 48.7 Å². The maximum Gasteiger partial charge on any atom is 0.410 e. The smallest absolute Gasteiger partial charge is 0.410 e. The summed E-state index contributed by atoms with van der Waals surface area (Å²) in [5, 5.41) is 13.5.